The van der Waals surface area contributed by atoms with E-state index in [1.807, 2.05) is 49.4 Å². The lowest BCUT2D eigenvalue weighted by Gasteiger charge is -2.25. The number of nitrogens with two attached hydrogens (primary N) is 1. The maximum atomic E-state index is 9.78. The van der Waals surface area contributed by atoms with Gasteiger partial charge in [0.2, 0.25) is 11.8 Å². The van der Waals surface area contributed by atoms with E-state index in [1.165, 1.54) is 0 Å². The third-order valence-corrected chi connectivity index (χ3v) is 5.62. The minimum Gasteiger partial charge on any atom is -0.489 e. The van der Waals surface area contributed by atoms with Crippen LogP contribution >= 0.6 is 27.5 Å². The zero-order valence-electron chi connectivity index (χ0n) is 15.4. The van der Waals surface area contributed by atoms with E-state index >= 15 is 0 Å². The topological polar surface area (TPSA) is 97.0 Å². The Hall–Kier alpha value is -2.95. The molecular formula is C21H16BrClN4O2. The predicted octanol–water partition coefficient (Wildman–Crippen LogP) is 4.93. The third kappa shape index (κ3) is 3.57. The second kappa shape index (κ2) is 7.82. The number of hydrogen-bond donors (Lipinski definition) is 2. The second-order valence-electron chi connectivity index (χ2n) is 6.55. The van der Waals surface area contributed by atoms with Crippen molar-refractivity contribution < 1.29 is 9.47 Å². The van der Waals surface area contributed by atoms with Gasteiger partial charge in [-0.15, -0.1) is 5.10 Å². The van der Waals surface area contributed by atoms with Crippen LogP contribution in [0.25, 0.3) is 0 Å². The average molecular weight is 472 g/mol. The minimum atomic E-state index is -0.471. The molecule has 0 bridgehead atoms. The predicted molar refractivity (Wildman–Crippen MR) is 113 cm³/mol. The normalized spacial score (nSPS) is 15.4. The molecule has 1 aliphatic rings. The Morgan fingerprint density at radius 3 is 2.90 bits per heavy atom. The van der Waals surface area contributed by atoms with Crippen LogP contribution in [0.4, 0.5) is 0 Å². The molecular weight excluding hydrogens is 456 g/mol. The van der Waals surface area contributed by atoms with E-state index in [4.69, 9.17) is 26.8 Å². The van der Waals surface area contributed by atoms with E-state index in [2.05, 4.69) is 32.2 Å². The summed E-state index contributed by atoms with van der Waals surface area (Å²) in [4.78, 5) is 0. The van der Waals surface area contributed by atoms with Crippen molar-refractivity contribution in [2.45, 2.75) is 19.4 Å². The highest BCUT2D eigenvalue weighted by Gasteiger charge is 2.36. The molecule has 1 aliphatic heterocycles. The SMILES string of the molecule is Cc1[nH]nc2c1C(c1cc(Br)ccc1OCc1ccccc1Cl)C(C#N)=C(N)O2. The first kappa shape index (κ1) is 19.4. The lowest BCUT2D eigenvalue weighted by atomic mass is 9.83. The number of nitrogens with one attached hydrogen (secondary N) is 1. The molecule has 0 aliphatic carbocycles. The Morgan fingerprint density at radius 1 is 1.34 bits per heavy atom. The third-order valence-electron chi connectivity index (χ3n) is 4.75. The van der Waals surface area contributed by atoms with Gasteiger partial charge in [-0.2, -0.15) is 5.26 Å². The number of hydrogen-bond acceptors (Lipinski definition) is 5. The number of fused-ring (bicyclic) bond motifs is 1. The number of ether oxygens (including phenoxy) is 2. The summed E-state index contributed by atoms with van der Waals surface area (Å²) in [6.45, 7) is 2.16. The van der Waals surface area contributed by atoms with Crippen molar-refractivity contribution >= 4 is 27.5 Å². The lowest BCUT2D eigenvalue weighted by molar-refractivity contribution is 0.301. The second-order valence-corrected chi connectivity index (χ2v) is 7.88. The van der Waals surface area contributed by atoms with Crippen molar-refractivity contribution in [1.29, 1.82) is 5.26 Å². The number of nitriles is 1. The van der Waals surface area contributed by atoms with Crippen molar-refractivity contribution in [3.8, 4) is 17.7 Å². The largest absolute Gasteiger partial charge is 0.489 e. The van der Waals surface area contributed by atoms with Gasteiger partial charge in [0.1, 0.15) is 24.0 Å². The summed E-state index contributed by atoms with van der Waals surface area (Å²) in [5.74, 6) is 0.544. The molecule has 29 heavy (non-hydrogen) atoms. The highest BCUT2D eigenvalue weighted by atomic mass is 79.9. The van der Waals surface area contributed by atoms with Gasteiger partial charge in [-0.05, 0) is 31.2 Å². The maximum absolute atomic E-state index is 9.78. The van der Waals surface area contributed by atoms with Crippen LogP contribution in [0.1, 0.15) is 28.3 Å². The van der Waals surface area contributed by atoms with Crippen LogP contribution in [0.2, 0.25) is 5.02 Å². The van der Waals surface area contributed by atoms with Gasteiger partial charge in [0.15, 0.2) is 0 Å². The number of aryl methyl sites for hydroxylation is 1. The van der Waals surface area contributed by atoms with Gasteiger partial charge < -0.3 is 15.2 Å². The first-order valence-electron chi connectivity index (χ1n) is 8.77. The number of benzene rings is 2. The van der Waals surface area contributed by atoms with Gasteiger partial charge in [0.05, 0.1) is 5.92 Å². The summed E-state index contributed by atoms with van der Waals surface area (Å²) in [6, 6.07) is 15.3. The average Bonchev–Trinajstić information content (AvgIpc) is 3.07. The molecule has 0 amide bonds. The van der Waals surface area contributed by atoms with Crippen LogP contribution in [-0.4, -0.2) is 10.2 Å². The summed E-state index contributed by atoms with van der Waals surface area (Å²) in [6.07, 6.45) is 0. The van der Waals surface area contributed by atoms with Crippen molar-refractivity contribution in [3.05, 3.63) is 85.8 Å². The quantitative estimate of drug-likeness (QED) is 0.562. The van der Waals surface area contributed by atoms with Crippen LogP contribution in [-0.2, 0) is 6.61 Å². The van der Waals surface area contributed by atoms with E-state index in [-0.39, 0.29) is 12.5 Å². The van der Waals surface area contributed by atoms with E-state index < -0.39 is 5.92 Å². The smallest absolute Gasteiger partial charge is 0.244 e. The zero-order chi connectivity index (χ0) is 20.5. The van der Waals surface area contributed by atoms with E-state index in [1.54, 1.807) is 0 Å². The molecule has 1 aromatic heterocycles. The van der Waals surface area contributed by atoms with Crippen LogP contribution in [0, 0.1) is 18.3 Å². The summed E-state index contributed by atoms with van der Waals surface area (Å²) < 4.78 is 12.5. The molecule has 146 valence electrons. The fourth-order valence-electron chi connectivity index (χ4n) is 3.36. The molecule has 0 saturated carbocycles. The van der Waals surface area contributed by atoms with Crippen LogP contribution in [0.5, 0.6) is 11.6 Å². The Bertz CT molecular complexity index is 1170. The summed E-state index contributed by atoms with van der Waals surface area (Å²) in [5.41, 5.74) is 9.53. The van der Waals surface area contributed by atoms with E-state index in [0.29, 0.717) is 22.2 Å². The van der Waals surface area contributed by atoms with Crippen LogP contribution in [0.3, 0.4) is 0 Å². The molecule has 2 heterocycles. The first-order valence-corrected chi connectivity index (χ1v) is 9.94. The summed E-state index contributed by atoms with van der Waals surface area (Å²) >= 11 is 9.77. The Kier molecular flexibility index (Phi) is 5.22. The maximum Gasteiger partial charge on any atom is 0.244 e. The molecule has 2 aromatic carbocycles. The molecule has 6 nitrogen and oxygen atoms in total. The van der Waals surface area contributed by atoms with E-state index in [9.17, 15) is 5.26 Å². The van der Waals surface area contributed by atoms with Gasteiger partial charge in [0.25, 0.3) is 0 Å². The molecule has 1 atom stereocenters. The molecule has 4 rings (SSSR count). The minimum absolute atomic E-state index is 0.0357. The number of aromatic nitrogens is 2. The fraction of sp³-hybridized carbons (Fsp3) is 0.143. The van der Waals surface area contributed by atoms with Crippen molar-refractivity contribution in [3.63, 3.8) is 0 Å². The first-order chi connectivity index (χ1) is 14.0. The monoisotopic (exact) mass is 470 g/mol. The highest BCUT2D eigenvalue weighted by molar-refractivity contribution is 9.10. The van der Waals surface area contributed by atoms with Gasteiger partial charge in [-0.25, -0.2) is 0 Å². The van der Waals surface area contributed by atoms with Crippen molar-refractivity contribution in [2.24, 2.45) is 5.73 Å². The molecule has 0 radical (unpaired) electrons. The number of aromatic amines is 1. The van der Waals surface area contributed by atoms with E-state index in [0.717, 1.165) is 26.9 Å². The van der Waals surface area contributed by atoms with Crippen LogP contribution in [0.15, 0.2) is 58.4 Å². The van der Waals surface area contributed by atoms with Crippen molar-refractivity contribution in [2.75, 3.05) is 0 Å². The van der Waals surface area contributed by atoms with Crippen LogP contribution < -0.4 is 15.2 Å². The molecule has 0 spiro atoms. The van der Waals surface area contributed by atoms with Crippen molar-refractivity contribution in [1.82, 2.24) is 10.2 Å². The fourth-order valence-corrected chi connectivity index (χ4v) is 3.93. The number of halogens is 2. The molecule has 8 heteroatoms. The molecule has 0 saturated heterocycles. The Morgan fingerprint density at radius 2 is 2.14 bits per heavy atom. The number of nitrogens with zero attached hydrogens (tertiary/aromatic N) is 2. The van der Waals surface area contributed by atoms with Gasteiger partial charge in [0, 0.05) is 31.9 Å². The lowest BCUT2D eigenvalue weighted by Crippen LogP contribution is -2.21. The molecule has 0 fully saturated rings. The number of H-pyrrole nitrogens is 1. The zero-order valence-corrected chi connectivity index (χ0v) is 17.7. The Labute approximate surface area is 181 Å². The molecule has 3 N–H and O–H groups in total. The summed E-state index contributed by atoms with van der Waals surface area (Å²) in [5, 5.41) is 17.5. The molecule has 3 aromatic rings. The standard InChI is InChI=1S/C21H16BrClN4O2/c1-11-18-19(15(9-24)20(25)29-21(18)27-26-11)14-8-13(22)6-7-17(14)28-10-12-4-2-3-5-16(12)23/h2-8,19H,10,25H2,1H3,(H,26,27). The highest BCUT2D eigenvalue weighted by Crippen LogP contribution is 2.46. The summed E-state index contributed by atoms with van der Waals surface area (Å²) in [7, 11) is 0. The number of rotatable bonds is 4. The van der Waals surface area contributed by atoms with Gasteiger partial charge in [-0.1, -0.05) is 45.7 Å². The molecule has 1 unspecified atom stereocenters. The number of allylic oxidation sites excluding steroid dienone is 1. The van der Waals surface area contributed by atoms with Gasteiger partial charge in [-0.3, -0.25) is 5.10 Å². The Balaban J connectivity index is 1.80. The van der Waals surface area contributed by atoms with Gasteiger partial charge >= 0.3 is 0 Å².